The number of aromatic nitrogens is 2. The first-order valence-electron chi connectivity index (χ1n) is 5.83. The summed E-state index contributed by atoms with van der Waals surface area (Å²) in [5, 5.41) is 9.07. The molecule has 1 heterocycles. The first-order valence-corrected chi connectivity index (χ1v) is 6.21. The second-order valence-electron chi connectivity index (χ2n) is 3.96. The highest BCUT2D eigenvalue weighted by Crippen LogP contribution is 2.25. The molecule has 0 aliphatic heterocycles. The third-order valence-corrected chi connectivity index (χ3v) is 3.13. The maximum Gasteiger partial charge on any atom is 0.285 e. The summed E-state index contributed by atoms with van der Waals surface area (Å²) in [5.41, 5.74) is 0.941. The Hall–Kier alpha value is -2.21. The molecule has 0 aliphatic rings. The normalized spacial score (nSPS) is 10.2. The van der Waals surface area contributed by atoms with Crippen molar-refractivity contribution in [3.8, 4) is 11.5 Å². The second kappa shape index (κ2) is 6.29. The summed E-state index contributed by atoms with van der Waals surface area (Å²) in [7, 11) is 3.18. The summed E-state index contributed by atoms with van der Waals surface area (Å²) in [6, 6.07) is 5.49. The predicted octanol–water partition coefficient (Wildman–Crippen LogP) is 2.05. The molecule has 0 bridgehead atoms. The molecule has 0 amide bonds. The number of methoxy groups -OCH3 is 2. The highest BCUT2D eigenvalue weighted by molar-refractivity contribution is 6.32. The van der Waals surface area contributed by atoms with Gasteiger partial charge >= 0.3 is 0 Å². The number of aromatic amines is 1. The van der Waals surface area contributed by atoms with Gasteiger partial charge in [0.05, 0.1) is 26.1 Å². The van der Waals surface area contributed by atoms with Crippen molar-refractivity contribution in [3.63, 3.8) is 0 Å². The van der Waals surface area contributed by atoms with E-state index in [0.29, 0.717) is 23.7 Å². The van der Waals surface area contributed by atoms with Gasteiger partial charge < -0.3 is 14.8 Å². The van der Waals surface area contributed by atoms with Crippen molar-refractivity contribution in [3.05, 3.63) is 45.3 Å². The highest BCUT2D eigenvalue weighted by Gasteiger charge is 2.08. The lowest BCUT2D eigenvalue weighted by Crippen LogP contribution is -2.12. The highest BCUT2D eigenvalue weighted by atomic mass is 35.5. The quantitative estimate of drug-likeness (QED) is 0.883. The van der Waals surface area contributed by atoms with E-state index in [1.54, 1.807) is 20.3 Å². The fourth-order valence-electron chi connectivity index (χ4n) is 1.70. The van der Waals surface area contributed by atoms with E-state index >= 15 is 0 Å². The van der Waals surface area contributed by atoms with E-state index in [4.69, 9.17) is 21.1 Å². The van der Waals surface area contributed by atoms with E-state index in [2.05, 4.69) is 15.5 Å². The van der Waals surface area contributed by atoms with Crippen molar-refractivity contribution >= 4 is 17.3 Å². The van der Waals surface area contributed by atoms with Crippen LogP contribution in [-0.2, 0) is 6.54 Å². The maximum absolute atomic E-state index is 11.3. The summed E-state index contributed by atoms with van der Waals surface area (Å²) >= 11 is 5.88. The zero-order chi connectivity index (χ0) is 14.5. The lowest BCUT2D eigenvalue weighted by atomic mass is 10.2. The molecule has 6 nitrogen and oxygen atoms in total. The van der Waals surface area contributed by atoms with Crippen molar-refractivity contribution in [2.75, 3.05) is 19.5 Å². The van der Waals surface area contributed by atoms with Crippen LogP contribution in [0.15, 0.2) is 29.2 Å². The van der Waals surface area contributed by atoms with Gasteiger partial charge in [0.1, 0.15) is 16.5 Å². The summed E-state index contributed by atoms with van der Waals surface area (Å²) in [5.74, 6) is 1.40. The molecule has 0 radical (unpaired) electrons. The van der Waals surface area contributed by atoms with Crippen molar-refractivity contribution < 1.29 is 9.47 Å². The third kappa shape index (κ3) is 3.03. The number of nitrogens with zero attached hydrogens (tertiary/aromatic N) is 1. The van der Waals surface area contributed by atoms with E-state index in [-0.39, 0.29) is 5.02 Å². The zero-order valence-corrected chi connectivity index (χ0v) is 11.8. The maximum atomic E-state index is 11.3. The van der Waals surface area contributed by atoms with Gasteiger partial charge in [0.15, 0.2) is 0 Å². The van der Waals surface area contributed by atoms with Crippen molar-refractivity contribution in [1.82, 2.24) is 10.2 Å². The van der Waals surface area contributed by atoms with Gasteiger partial charge in [-0.25, -0.2) is 5.10 Å². The number of nitrogens with one attached hydrogen (secondary N) is 2. The Morgan fingerprint density at radius 1 is 1.35 bits per heavy atom. The van der Waals surface area contributed by atoms with E-state index in [0.717, 1.165) is 5.56 Å². The number of hydrogen-bond donors (Lipinski definition) is 2. The molecule has 106 valence electrons. The minimum absolute atomic E-state index is 0.0764. The van der Waals surface area contributed by atoms with Crippen LogP contribution in [0.4, 0.5) is 5.69 Å². The molecule has 2 aromatic rings. The summed E-state index contributed by atoms with van der Waals surface area (Å²) in [6.07, 6.45) is 1.46. The third-order valence-electron chi connectivity index (χ3n) is 2.76. The molecule has 0 aliphatic carbocycles. The largest absolute Gasteiger partial charge is 0.497 e. The number of hydrogen-bond acceptors (Lipinski definition) is 5. The standard InChI is InChI=1S/C13H14ClN3O3/c1-19-9-4-3-8(11(5-9)20-2)6-15-10-7-16-17-13(18)12(10)14/h3-5,7H,6H2,1-2H3,(H2,15,17,18). The predicted molar refractivity (Wildman–Crippen MR) is 76.7 cm³/mol. The Morgan fingerprint density at radius 2 is 2.15 bits per heavy atom. The van der Waals surface area contributed by atoms with Crippen LogP contribution in [-0.4, -0.2) is 24.4 Å². The van der Waals surface area contributed by atoms with Crippen molar-refractivity contribution in [1.29, 1.82) is 0 Å². The van der Waals surface area contributed by atoms with Crippen LogP contribution in [0.5, 0.6) is 11.5 Å². The summed E-state index contributed by atoms with van der Waals surface area (Å²) in [4.78, 5) is 11.3. The fraction of sp³-hybridized carbons (Fsp3) is 0.231. The van der Waals surface area contributed by atoms with Gasteiger partial charge in [0, 0.05) is 18.2 Å². The Labute approximate surface area is 120 Å². The zero-order valence-electron chi connectivity index (χ0n) is 11.1. The van der Waals surface area contributed by atoms with Gasteiger partial charge in [-0.2, -0.15) is 5.10 Å². The molecule has 0 unspecified atom stereocenters. The first kappa shape index (κ1) is 14.2. The second-order valence-corrected chi connectivity index (χ2v) is 4.34. The molecule has 0 saturated carbocycles. The van der Waals surface area contributed by atoms with Crippen LogP contribution < -0.4 is 20.3 Å². The monoisotopic (exact) mass is 295 g/mol. The van der Waals surface area contributed by atoms with Gasteiger partial charge in [-0.3, -0.25) is 4.79 Å². The molecule has 1 aromatic carbocycles. The lowest BCUT2D eigenvalue weighted by molar-refractivity contribution is 0.391. The van der Waals surface area contributed by atoms with Gasteiger partial charge in [-0.1, -0.05) is 11.6 Å². The van der Waals surface area contributed by atoms with E-state index in [1.807, 2.05) is 12.1 Å². The van der Waals surface area contributed by atoms with Gasteiger partial charge in [-0.05, 0) is 12.1 Å². The Morgan fingerprint density at radius 3 is 2.85 bits per heavy atom. The van der Waals surface area contributed by atoms with Crippen LogP contribution >= 0.6 is 11.6 Å². The van der Waals surface area contributed by atoms with Crippen LogP contribution in [0.2, 0.25) is 5.02 Å². The molecule has 0 atom stereocenters. The molecule has 7 heteroatoms. The number of benzene rings is 1. The Bertz CT molecular complexity index is 658. The molecule has 20 heavy (non-hydrogen) atoms. The van der Waals surface area contributed by atoms with Crippen molar-refractivity contribution in [2.24, 2.45) is 0 Å². The molecule has 1 aromatic heterocycles. The minimum atomic E-state index is -0.432. The summed E-state index contributed by atoms with van der Waals surface area (Å²) < 4.78 is 10.4. The average molecular weight is 296 g/mol. The summed E-state index contributed by atoms with van der Waals surface area (Å²) in [6.45, 7) is 0.442. The van der Waals surface area contributed by atoms with Gasteiger partial charge in [0.2, 0.25) is 0 Å². The molecule has 2 rings (SSSR count). The first-order chi connectivity index (χ1) is 9.65. The van der Waals surface area contributed by atoms with Gasteiger partial charge in [-0.15, -0.1) is 0 Å². The van der Waals surface area contributed by atoms with E-state index in [1.165, 1.54) is 6.20 Å². The molecule has 2 N–H and O–H groups in total. The topological polar surface area (TPSA) is 76.2 Å². The lowest BCUT2D eigenvalue weighted by Gasteiger charge is -2.12. The smallest absolute Gasteiger partial charge is 0.285 e. The fourth-order valence-corrected chi connectivity index (χ4v) is 1.85. The molecular formula is C13H14ClN3O3. The molecule has 0 fully saturated rings. The average Bonchev–Trinajstić information content (AvgIpc) is 2.48. The number of ether oxygens (including phenoxy) is 2. The molecular weight excluding hydrogens is 282 g/mol. The number of anilines is 1. The van der Waals surface area contributed by atoms with Gasteiger partial charge in [0.25, 0.3) is 5.56 Å². The van der Waals surface area contributed by atoms with Crippen LogP contribution in [0, 0.1) is 0 Å². The minimum Gasteiger partial charge on any atom is -0.497 e. The van der Waals surface area contributed by atoms with E-state index in [9.17, 15) is 4.79 Å². The van der Waals surface area contributed by atoms with Crippen molar-refractivity contribution in [2.45, 2.75) is 6.54 Å². The number of H-pyrrole nitrogens is 1. The number of rotatable bonds is 5. The Balaban J connectivity index is 2.18. The van der Waals surface area contributed by atoms with Crippen LogP contribution in [0.3, 0.4) is 0 Å². The van der Waals surface area contributed by atoms with Crippen LogP contribution in [0.25, 0.3) is 0 Å². The SMILES string of the molecule is COc1ccc(CNc2cn[nH]c(=O)c2Cl)c(OC)c1. The van der Waals surface area contributed by atoms with E-state index < -0.39 is 5.56 Å². The van der Waals surface area contributed by atoms with Crippen LogP contribution in [0.1, 0.15) is 5.56 Å². The molecule has 0 spiro atoms. The molecule has 0 saturated heterocycles. The Kier molecular flexibility index (Phi) is 4.47. The number of halogens is 1.